The van der Waals surface area contributed by atoms with Gasteiger partial charge in [-0.2, -0.15) is 5.26 Å². The quantitative estimate of drug-likeness (QED) is 0.604. The van der Waals surface area contributed by atoms with E-state index in [-0.39, 0.29) is 0 Å². The molecule has 1 saturated heterocycles. The average molecular weight is 345 g/mol. The lowest BCUT2D eigenvalue weighted by atomic mass is 10.1. The largest absolute Gasteiger partial charge is 0.487 e. The van der Waals surface area contributed by atoms with Gasteiger partial charge in [-0.05, 0) is 12.8 Å². The number of benzene rings is 1. The highest BCUT2D eigenvalue weighted by Gasteiger charge is 2.14. The minimum absolute atomic E-state index is 0.387. The third-order valence-electron chi connectivity index (χ3n) is 4.03. The molecule has 1 aromatic carbocycles. The average Bonchev–Trinajstić information content (AvgIpc) is 3.14. The number of aliphatic imine (C=N–C) groups is 1. The highest BCUT2D eigenvalue weighted by Crippen LogP contribution is 2.35. The minimum atomic E-state index is 0.387. The first-order valence-electron chi connectivity index (χ1n) is 8.64. The number of ether oxygens (including phenoxy) is 4. The predicted octanol–water partition coefficient (Wildman–Crippen LogP) is 2.12. The lowest BCUT2D eigenvalue weighted by Crippen LogP contribution is -2.16. The summed E-state index contributed by atoms with van der Waals surface area (Å²) >= 11 is 0. The van der Waals surface area contributed by atoms with Crippen LogP contribution in [0.4, 0.5) is 5.69 Å². The number of nitrogens with zero attached hydrogens (tertiary/aromatic N) is 3. The van der Waals surface area contributed by atoms with Crippen LogP contribution in [0.15, 0.2) is 17.1 Å². The van der Waals surface area contributed by atoms with Crippen LogP contribution in [0.5, 0.6) is 11.5 Å². The zero-order valence-corrected chi connectivity index (χ0v) is 14.3. The molecule has 0 atom stereocenters. The molecule has 7 nitrogen and oxygen atoms in total. The highest BCUT2D eigenvalue weighted by atomic mass is 16.6. The van der Waals surface area contributed by atoms with Crippen LogP contribution >= 0.6 is 0 Å². The fraction of sp³-hybridized carbons (Fsp3) is 0.556. The number of rotatable bonds is 2. The van der Waals surface area contributed by atoms with Gasteiger partial charge in [0.15, 0.2) is 11.5 Å². The van der Waals surface area contributed by atoms with Crippen molar-refractivity contribution < 1.29 is 18.9 Å². The van der Waals surface area contributed by atoms with Gasteiger partial charge in [-0.3, -0.25) is 0 Å². The topological polar surface area (TPSA) is 76.3 Å². The summed E-state index contributed by atoms with van der Waals surface area (Å²) in [6.45, 7) is 4.79. The summed E-state index contributed by atoms with van der Waals surface area (Å²) in [6.07, 6.45) is 4.17. The highest BCUT2D eigenvalue weighted by molar-refractivity contribution is 5.69. The molecule has 1 aromatic rings. The first-order chi connectivity index (χ1) is 12.4. The van der Waals surface area contributed by atoms with Crippen molar-refractivity contribution in [2.24, 2.45) is 4.99 Å². The number of likely N-dealkylation sites (tertiary alicyclic amines) is 1. The molecule has 0 saturated carbocycles. The van der Waals surface area contributed by atoms with Gasteiger partial charge in [0.05, 0.1) is 44.0 Å². The van der Waals surface area contributed by atoms with Crippen LogP contribution in [-0.2, 0) is 9.47 Å². The van der Waals surface area contributed by atoms with Crippen LogP contribution in [0.3, 0.4) is 0 Å². The van der Waals surface area contributed by atoms with Gasteiger partial charge in [0.25, 0.3) is 0 Å². The van der Waals surface area contributed by atoms with Crippen molar-refractivity contribution in [1.29, 1.82) is 5.26 Å². The lowest BCUT2D eigenvalue weighted by Gasteiger charge is -2.16. The Hall–Kier alpha value is -2.30. The number of hydrogen-bond acceptors (Lipinski definition) is 6. The maximum atomic E-state index is 9.44. The Kier molecular flexibility index (Phi) is 6.48. The Morgan fingerprint density at radius 1 is 0.920 bits per heavy atom. The van der Waals surface area contributed by atoms with Crippen molar-refractivity contribution >= 4 is 12.0 Å². The molecule has 3 rings (SSSR count). The Labute approximate surface area is 147 Å². The number of fused-ring (bicyclic) bond motifs is 1. The molecular formula is C18H23N3O4. The fourth-order valence-electron chi connectivity index (χ4n) is 2.72. The van der Waals surface area contributed by atoms with Crippen LogP contribution in [0.25, 0.3) is 0 Å². The van der Waals surface area contributed by atoms with E-state index in [1.165, 1.54) is 12.8 Å². The zero-order chi connectivity index (χ0) is 17.3. The van der Waals surface area contributed by atoms with Gasteiger partial charge in [-0.15, -0.1) is 0 Å². The van der Waals surface area contributed by atoms with Crippen molar-refractivity contribution in [3.8, 4) is 17.6 Å². The number of hydrogen-bond donors (Lipinski definition) is 0. The van der Waals surface area contributed by atoms with E-state index in [0.29, 0.717) is 62.4 Å². The van der Waals surface area contributed by atoms with E-state index >= 15 is 0 Å². The molecule has 2 aliphatic heterocycles. The molecule has 0 N–H and O–H groups in total. The molecule has 1 fully saturated rings. The zero-order valence-electron chi connectivity index (χ0n) is 14.3. The Balaban J connectivity index is 1.81. The maximum absolute atomic E-state index is 9.44. The van der Waals surface area contributed by atoms with E-state index in [9.17, 15) is 5.26 Å². The summed E-state index contributed by atoms with van der Waals surface area (Å²) < 4.78 is 22.4. The Morgan fingerprint density at radius 3 is 2.16 bits per heavy atom. The maximum Gasteiger partial charge on any atom is 0.163 e. The van der Waals surface area contributed by atoms with E-state index in [4.69, 9.17) is 18.9 Å². The normalized spacial score (nSPS) is 19.2. The molecular weight excluding hydrogens is 322 g/mol. The standard InChI is InChI=1S/C18H23N3O4/c19-13-15-11-17-18(12-16(15)20-14-21-3-1-2-4-21)25-10-8-23-6-5-22-7-9-24-17/h11-12,14H,1-10H2. The molecule has 25 heavy (non-hydrogen) atoms. The van der Waals surface area contributed by atoms with Crippen molar-refractivity contribution in [2.75, 3.05) is 52.7 Å². The van der Waals surface area contributed by atoms with Gasteiger partial charge < -0.3 is 23.8 Å². The number of nitriles is 1. The molecule has 0 aliphatic carbocycles. The van der Waals surface area contributed by atoms with Gasteiger partial charge >= 0.3 is 0 Å². The second-order valence-electron chi connectivity index (χ2n) is 5.84. The lowest BCUT2D eigenvalue weighted by molar-refractivity contribution is 0.0223. The van der Waals surface area contributed by atoms with Crippen LogP contribution < -0.4 is 9.47 Å². The van der Waals surface area contributed by atoms with Crippen molar-refractivity contribution in [2.45, 2.75) is 12.8 Å². The van der Waals surface area contributed by atoms with Gasteiger partial charge in [-0.25, -0.2) is 4.99 Å². The van der Waals surface area contributed by atoms with E-state index in [0.717, 1.165) is 13.1 Å². The van der Waals surface area contributed by atoms with Gasteiger partial charge in [0, 0.05) is 25.2 Å². The molecule has 0 radical (unpaired) electrons. The molecule has 0 spiro atoms. The first kappa shape index (κ1) is 17.5. The summed E-state index contributed by atoms with van der Waals surface area (Å²) in [4.78, 5) is 6.64. The minimum Gasteiger partial charge on any atom is -0.487 e. The monoisotopic (exact) mass is 345 g/mol. The van der Waals surface area contributed by atoms with E-state index < -0.39 is 0 Å². The molecule has 0 unspecified atom stereocenters. The van der Waals surface area contributed by atoms with Crippen molar-refractivity contribution in [3.63, 3.8) is 0 Å². The van der Waals surface area contributed by atoms with Crippen molar-refractivity contribution in [1.82, 2.24) is 4.90 Å². The molecule has 134 valence electrons. The third kappa shape index (κ3) is 5.08. The first-order valence-corrected chi connectivity index (χ1v) is 8.64. The molecule has 2 aliphatic rings. The third-order valence-corrected chi connectivity index (χ3v) is 4.03. The van der Waals surface area contributed by atoms with Gasteiger partial charge in [0.2, 0.25) is 0 Å². The van der Waals surface area contributed by atoms with Crippen molar-refractivity contribution in [3.05, 3.63) is 17.7 Å². The molecule has 0 bridgehead atoms. The van der Waals surface area contributed by atoms with E-state index in [2.05, 4.69) is 16.0 Å². The van der Waals surface area contributed by atoms with Gasteiger partial charge in [0.1, 0.15) is 19.3 Å². The van der Waals surface area contributed by atoms with Crippen LogP contribution in [0.2, 0.25) is 0 Å². The van der Waals surface area contributed by atoms with Crippen LogP contribution in [0.1, 0.15) is 18.4 Å². The second-order valence-corrected chi connectivity index (χ2v) is 5.84. The SMILES string of the molecule is N#Cc1cc2c(cc1N=CN1CCCC1)OCCOCCOCCO2. The fourth-order valence-corrected chi connectivity index (χ4v) is 2.72. The van der Waals surface area contributed by atoms with E-state index in [1.807, 2.05) is 6.34 Å². The Morgan fingerprint density at radius 2 is 1.52 bits per heavy atom. The van der Waals surface area contributed by atoms with Gasteiger partial charge in [-0.1, -0.05) is 0 Å². The molecule has 0 aromatic heterocycles. The summed E-state index contributed by atoms with van der Waals surface area (Å²) in [7, 11) is 0. The summed E-state index contributed by atoms with van der Waals surface area (Å²) in [5, 5.41) is 9.44. The summed E-state index contributed by atoms with van der Waals surface area (Å²) in [5.74, 6) is 1.09. The van der Waals surface area contributed by atoms with E-state index in [1.54, 1.807) is 12.1 Å². The Bertz CT molecular complexity index is 636. The van der Waals surface area contributed by atoms with Crippen LogP contribution in [-0.4, -0.2) is 64.0 Å². The molecule has 0 amide bonds. The smallest absolute Gasteiger partial charge is 0.163 e. The summed E-state index contributed by atoms with van der Waals surface area (Å²) in [5.41, 5.74) is 1.04. The molecule has 7 heteroatoms. The predicted molar refractivity (Wildman–Crippen MR) is 92.7 cm³/mol. The summed E-state index contributed by atoms with van der Waals surface area (Å²) in [6, 6.07) is 5.62. The second kappa shape index (κ2) is 9.25. The molecule has 2 heterocycles. The van der Waals surface area contributed by atoms with Crippen LogP contribution in [0, 0.1) is 11.3 Å².